The van der Waals surface area contributed by atoms with Crippen LogP contribution in [0.4, 0.5) is 0 Å². The topological polar surface area (TPSA) is 47.9 Å². The minimum absolute atomic E-state index is 0.287. The number of carbonyl (C=O) groups is 1. The number of aliphatic imine (C=N–C) groups is 1. The van der Waals surface area contributed by atoms with Crippen molar-refractivity contribution in [3.05, 3.63) is 78.6 Å². The highest BCUT2D eigenvalue weighted by molar-refractivity contribution is 14.1. The molecule has 2 aromatic rings. The maximum absolute atomic E-state index is 12.2. The van der Waals surface area contributed by atoms with E-state index in [1.54, 1.807) is 12.2 Å². The molecule has 0 aliphatic carbocycles. The Morgan fingerprint density at radius 2 is 1.92 bits per heavy atom. The minimum atomic E-state index is -0.444. The van der Waals surface area contributed by atoms with Gasteiger partial charge in [-0.2, -0.15) is 0 Å². The molecule has 0 saturated carbocycles. The molecule has 0 N–H and O–H groups in total. The monoisotopic (exact) mass is 571 g/mol. The van der Waals surface area contributed by atoms with Crippen molar-refractivity contribution in [3.63, 3.8) is 0 Å². The lowest BCUT2D eigenvalue weighted by atomic mass is 10.1. The van der Waals surface area contributed by atoms with Crippen molar-refractivity contribution in [1.29, 1.82) is 0 Å². The highest BCUT2D eigenvalue weighted by atomic mass is 127. The predicted molar refractivity (Wildman–Crippen MR) is 119 cm³/mol. The quantitative estimate of drug-likeness (QED) is 0.217. The Labute approximate surface area is 179 Å². The van der Waals surface area contributed by atoms with Gasteiger partial charge in [0.15, 0.2) is 5.70 Å². The van der Waals surface area contributed by atoms with E-state index in [1.807, 2.05) is 43.3 Å². The molecule has 6 heteroatoms. The molecule has 0 fully saturated rings. The van der Waals surface area contributed by atoms with Crippen LogP contribution in [0.3, 0.4) is 0 Å². The molecule has 132 valence electrons. The molecular weight excluding hydrogens is 556 g/mol. The van der Waals surface area contributed by atoms with Gasteiger partial charge in [-0.3, -0.25) is 0 Å². The lowest BCUT2D eigenvalue weighted by Gasteiger charge is -2.09. The zero-order chi connectivity index (χ0) is 18.7. The number of halogens is 2. The summed E-state index contributed by atoms with van der Waals surface area (Å²) >= 11 is 4.43. The van der Waals surface area contributed by atoms with Crippen LogP contribution in [0.15, 0.2) is 59.7 Å². The van der Waals surface area contributed by atoms with Crippen molar-refractivity contribution < 1.29 is 14.3 Å². The molecule has 1 aliphatic rings. The van der Waals surface area contributed by atoms with Gasteiger partial charge < -0.3 is 9.47 Å². The van der Waals surface area contributed by atoms with E-state index < -0.39 is 5.97 Å². The van der Waals surface area contributed by atoms with Crippen LogP contribution in [-0.2, 0) is 9.53 Å². The summed E-state index contributed by atoms with van der Waals surface area (Å²) in [6.45, 7) is 6.07. The van der Waals surface area contributed by atoms with Crippen molar-refractivity contribution in [2.24, 2.45) is 4.99 Å². The smallest absolute Gasteiger partial charge is 0.363 e. The summed E-state index contributed by atoms with van der Waals surface area (Å²) in [5.74, 6) is 0.710. The molecule has 4 nitrogen and oxygen atoms in total. The summed E-state index contributed by atoms with van der Waals surface area (Å²) in [7, 11) is 0. The van der Waals surface area contributed by atoms with Crippen molar-refractivity contribution in [1.82, 2.24) is 0 Å². The Morgan fingerprint density at radius 1 is 1.23 bits per heavy atom. The van der Waals surface area contributed by atoms with Crippen molar-refractivity contribution in [2.45, 2.75) is 6.92 Å². The first kappa shape index (κ1) is 19.1. The Morgan fingerprint density at radius 3 is 2.58 bits per heavy atom. The third kappa shape index (κ3) is 4.17. The standard InChI is InChI=1S/C20H15I2NO3/c1-3-8-25-18-15(21)9-13(10-16(18)22)11-17-20(24)26-19(23-17)14-7-5-4-6-12(14)2/h3-7,9-11H,1,8H2,2H3/b17-11-. The van der Waals surface area contributed by atoms with Gasteiger partial charge in [0, 0.05) is 5.56 Å². The number of aryl methyl sites for hydroxylation is 1. The maximum atomic E-state index is 12.2. The van der Waals surface area contributed by atoms with Gasteiger partial charge in [0.1, 0.15) is 12.4 Å². The zero-order valence-corrected chi connectivity index (χ0v) is 18.3. The van der Waals surface area contributed by atoms with Crippen molar-refractivity contribution in [2.75, 3.05) is 6.61 Å². The molecule has 0 bridgehead atoms. The zero-order valence-electron chi connectivity index (χ0n) is 14.0. The SMILES string of the molecule is C=CCOc1c(I)cc(/C=C2\N=C(c3ccccc3C)OC2=O)cc1I. The van der Waals surface area contributed by atoms with Gasteiger partial charge in [0.2, 0.25) is 5.90 Å². The van der Waals surface area contributed by atoms with Gasteiger partial charge >= 0.3 is 5.97 Å². The van der Waals surface area contributed by atoms with E-state index in [0.29, 0.717) is 12.5 Å². The van der Waals surface area contributed by atoms with E-state index in [0.717, 1.165) is 29.6 Å². The van der Waals surface area contributed by atoms with Crippen LogP contribution in [0.2, 0.25) is 0 Å². The molecule has 26 heavy (non-hydrogen) atoms. The average Bonchev–Trinajstić information content (AvgIpc) is 2.95. The Bertz CT molecular complexity index is 925. The molecule has 0 atom stereocenters. The number of rotatable bonds is 5. The number of cyclic esters (lactones) is 1. The fourth-order valence-corrected chi connectivity index (χ4v) is 4.57. The summed E-state index contributed by atoms with van der Waals surface area (Å²) in [4.78, 5) is 16.6. The summed E-state index contributed by atoms with van der Waals surface area (Å²) in [5, 5.41) is 0. The number of hydrogen-bond acceptors (Lipinski definition) is 4. The molecule has 3 rings (SSSR count). The predicted octanol–water partition coefficient (Wildman–Crippen LogP) is 5.11. The largest absolute Gasteiger partial charge is 0.487 e. The summed E-state index contributed by atoms with van der Waals surface area (Å²) < 4.78 is 12.9. The normalized spacial score (nSPS) is 15.0. The van der Waals surface area contributed by atoms with E-state index in [9.17, 15) is 4.79 Å². The van der Waals surface area contributed by atoms with E-state index in [1.165, 1.54) is 0 Å². The van der Waals surface area contributed by atoms with Gasteiger partial charge in [-0.15, -0.1) is 0 Å². The lowest BCUT2D eigenvalue weighted by molar-refractivity contribution is -0.129. The summed E-state index contributed by atoms with van der Waals surface area (Å²) in [5.41, 5.74) is 2.98. The first-order valence-electron chi connectivity index (χ1n) is 7.81. The highest BCUT2D eigenvalue weighted by Gasteiger charge is 2.25. The number of hydrogen-bond donors (Lipinski definition) is 0. The first-order chi connectivity index (χ1) is 12.5. The van der Waals surface area contributed by atoms with Crippen LogP contribution in [-0.4, -0.2) is 18.5 Å². The Balaban J connectivity index is 1.93. The summed E-state index contributed by atoms with van der Waals surface area (Å²) in [6.07, 6.45) is 3.44. The van der Waals surface area contributed by atoms with E-state index in [2.05, 4.69) is 56.8 Å². The molecule has 0 spiro atoms. The lowest BCUT2D eigenvalue weighted by Crippen LogP contribution is -2.06. The fraction of sp³-hybridized carbons (Fsp3) is 0.100. The second-order valence-electron chi connectivity index (χ2n) is 5.56. The van der Waals surface area contributed by atoms with Crippen molar-refractivity contribution >= 4 is 63.1 Å². The van der Waals surface area contributed by atoms with E-state index in [-0.39, 0.29) is 5.70 Å². The highest BCUT2D eigenvalue weighted by Crippen LogP contribution is 2.30. The van der Waals surface area contributed by atoms with E-state index in [4.69, 9.17) is 9.47 Å². The van der Waals surface area contributed by atoms with E-state index >= 15 is 0 Å². The molecular formula is C20H15I2NO3. The van der Waals surface area contributed by atoms with Crippen LogP contribution in [0, 0.1) is 14.1 Å². The third-order valence-corrected chi connectivity index (χ3v) is 5.27. The third-order valence-electron chi connectivity index (χ3n) is 3.67. The molecule has 0 saturated heterocycles. The number of esters is 1. The first-order valence-corrected chi connectivity index (χ1v) is 9.96. The van der Waals surface area contributed by atoms with Crippen LogP contribution in [0.25, 0.3) is 6.08 Å². The van der Waals surface area contributed by atoms with Crippen LogP contribution in [0.1, 0.15) is 16.7 Å². The molecule has 1 aliphatic heterocycles. The molecule has 2 aromatic carbocycles. The van der Waals surface area contributed by atoms with Crippen molar-refractivity contribution in [3.8, 4) is 5.75 Å². The average molecular weight is 571 g/mol. The Kier molecular flexibility index (Phi) is 6.13. The molecule has 0 aromatic heterocycles. The molecule has 0 radical (unpaired) electrons. The van der Waals surface area contributed by atoms with Gasteiger partial charge in [0.05, 0.1) is 7.14 Å². The Hall–Kier alpha value is -1.68. The number of carbonyl (C=O) groups excluding carboxylic acids is 1. The minimum Gasteiger partial charge on any atom is -0.487 e. The fourth-order valence-electron chi connectivity index (χ4n) is 2.44. The molecule has 1 heterocycles. The van der Waals surface area contributed by atoms with Gasteiger partial charge in [-0.1, -0.05) is 30.9 Å². The maximum Gasteiger partial charge on any atom is 0.363 e. The molecule has 0 unspecified atom stereocenters. The number of ether oxygens (including phenoxy) is 2. The van der Waals surface area contributed by atoms with Gasteiger partial charge in [-0.05, 0) is 87.5 Å². The van der Waals surface area contributed by atoms with Crippen LogP contribution < -0.4 is 4.74 Å². The second kappa shape index (κ2) is 8.34. The van der Waals surface area contributed by atoms with Crippen LogP contribution in [0.5, 0.6) is 5.75 Å². The molecule has 0 amide bonds. The van der Waals surface area contributed by atoms with Gasteiger partial charge in [0.25, 0.3) is 0 Å². The number of nitrogens with zero attached hydrogens (tertiary/aromatic N) is 1. The number of benzene rings is 2. The second-order valence-corrected chi connectivity index (χ2v) is 7.89. The summed E-state index contributed by atoms with van der Waals surface area (Å²) in [6, 6.07) is 11.6. The van der Waals surface area contributed by atoms with Crippen LogP contribution >= 0.6 is 45.2 Å². The van der Waals surface area contributed by atoms with Gasteiger partial charge in [-0.25, -0.2) is 9.79 Å².